The largest absolute Gasteiger partial charge is 0.496 e. The SMILES string of the molecule is C=Cc1ccc(N(CC)CC)cc1OC. The van der Waals surface area contributed by atoms with Gasteiger partial charge in [-0.15, -0.1) is 0 Å². The van der Waals surface area contributed by atoms with Crippen LogP contribution in [0.2, 0.25) is 0 Å². The summed E-state index contributed by atoms with van der Waals surface area (Å²) in [5, 5.41) is 0. The summed E-state index contributed by atoms with van der Waals surface area (Å²) >= 11 is 0. The molecule has 0 radical (unpaired) electrons. The van der Waals surface area contributed by atoms with Gasteiger partial charge in [-0.3, -0.25) is 0 Å². The molecule has 0 aliphatic rings. The number of rotatable bonds is 5. The van der Waals surface area contributed by atoms with Crippen molar-refractivity contribution in [3.8, 4) is 5.75 Å². The molecule has 0 aromatic heterocycles. The first-order valence-electron chi connectivity index (χ1n) is 5.32. The zero-order valence-corrected chi connectivity index (χ0v) is 9.79. The Morgan fingerprint density at radius 3 is 2.47 bits per heavy atom. The Labute approximate surface area is 92.2 Å². The third kappa shape index (κ3) is 2.52. The standard InChI is InChI=1S/C13H19NO/c1-5-11-8-9-12(10-13(11)15-4)14(6-2)7-3/h5,8-10H,1,6-7H2,2-4H3. The minimum atomic E-state index is 0.884. The minimum Gasteiger partial charge on any atom is -0.496 e. The van der Waals surface area contributed by atoms with Crippen LogP contribution in [0.3, 0.4) is 0 Å². The molecule has 0 unspecified atom stereocenters. The first kappa shape index (κ1) is 11.6. The molecule has 1 aromatic carbocycles. The topological polar surface area (TPSA) is 12.5 Å². The van der Waals surface area contributed by atoms with Crippen LogP contribution >= 0.6 is 0 Å². The van der Waals surface area contributed by atoms with Crippen LogP contribution in [0.25, 0.3) is 6.08 Å². The van der Waals surface area contributed by atoms with E-state index in [-0.39, 0.29) is 0 Å². The van der Waals surface area contributed by atoms with Gasteiger partial charge in [0.1, 0.15) is 5.75 Å². The van der Waals surface area contributed by atoms with Gasteiger partial charge in [0.15, 0.2) is 0 Å². The van der Waals surface area contributed by atoms with Crippen molar-refractivity contribution in [2.24, 2.45) is 0 Å². The van der Waals surface area contributed by atoms with Crippen LogP contribution in [0, 0.1) is 0 Å². The fourth-order valence-corrected chi connectivity index (χ4v) is 1.65. The Morgan fingerprint density at radius 1 is 1.33 bits per heavy atom. The molecule has 2 heteroatoms. The minimum absolute atomic E-state index is 0.884. The molecule has 2 nitrogen and oxygen atoms in total. The van der Waals surface area contributed by atoms with Crippen molar-refractivity contribution in [1.82, 2.24) is 0 Å². The first-order chi connectivity index (χ1) is 7.26. The summed E-state index contributed by atoms with van der Waals surface area (Å²) in [6.07, 6.45) is 1.81. The molecule has 0 spiro atoms. The summed E-state index contributed by atoms with van der Waals surface area (Å²) in [6, 6.07) is 6.20. The monoisotopic (exact) mass is 205 g/mol. The van der Waals surface area contributed by atoms with Gasteiger partial charge in [-0.05, 0) is 26.0 Å². The Kier molecular flexibility index (Phi) is 4.22. The van der Waals surface area contributed by atoms with Crippen molar-refractivity contribution < 1.29 is 4.74 Å². The van der Waals surface area contributed by atoms with Gasteiger partial charge in [-0.25, -0.2) is 0 Å². The Morgan fingerprint density at radius 2 is 2.00 bits per heavy atom. The van der Waals surface area contributed by atoms with E-state index in [9.17, 15) is 0 Å². The van der Waals surface area contributed by atoms with Gasteiger partial charge < -0.3 is 9.64 Å². The molecule has 0 saturated heterocycles. The second-order valence-corrected chi connectivity index (χ2v) is 3.30. The lowest BCUT2D eigenvalue weighted by Crippen LogP contribution is -2.21. The summed E-state index contributed by atoms with van der Waals surface area (Å²) in [5.41, 5.74) is 2.23. The van der Waals surface area contributed by atoms with Gasteiger partial charge in [-0.2, -0.15) is 0 Å². The number of ether oxygens (including phenoxy) is 1. The highest BCUT2D eigenvalue weighted by atomic mass is 16.5. The van der Waals surface area contributed by atoms with Crippen LogP contribution in [0.15, 0.2) is 24.8 Å². The molecule has 1 rings (SSSR count). The third-order valence-electron chi connectivity index (χ3n) is 2.57. The van der Waals surface area contributed by atoms with Gasteiger partial charge in [0, 0.05) is 30.4 Å². The predicted molar refractivity (Wildman–Crippen MR) is 66.6 cm³/mol. The summed E-state index contributed by atoms with van der Waals surface area (Å²) in [7, 11) is 1.69. The smallest absolute Gasteiger partial charge is 0.128 e. The fraction of sp³-hybridized carbons (Fsp3) is 0.385. The van der Waals surface area contributed by atoms with E-state index in [0.717, 1.165) is 24.4 Å². The first-order valence-corrected chi connectivity index (χ1v) is 5.32. The lowest BCUT2D eigenvalue weighted by molar-refractivity contribution is 0.414. The van der Waals surface area contributed by atoms with Gasteiger partial charge in [0.25, 0.3) is 0 Å². The number of anilines is 1. The van der Waals surface area contributed by atoms with E-state index in [2.05, 4.69) is 37.5 Å². The van der Waals surface area contributed by atoms with Gasteiger partial charge in [-0.1, -0.05) is 12.7 Å². The van der Waals surface area contributed by atoms with Crippen LogP contribution < -0.4 is 9.64 Å². The number of methoxy groups -OCH3 is 1. The Balaban J connectivity index is 3.06. The molecule has 0 atom stereocenters. The maximum atomic E-state index is 5.32. The average Bonchev–Trinajstić information content (AvgIpc) is 2.30. The summed E-state index contributed by atoms with van der Waals surface area (Å²) in [5.74, 6) is 0.884. The van der Waals surface area contributed by atoms with Crippen molar-refractivity contribution in [1.29, 1.82) is 0 Å². The highest BCUT2D eigenvalue weighted by molar-refractivity contribution is 5.62. The lowest BCUT2D eigenvalue weighted by atomic mass is 10.1. The highest BCUT2D eigenvalue weighted by Crippen LogP contribution is 2.26. The lowest BCUT2D eigenvalue weighted by Gasteiger charge is -2.22. The normalized spacial score (nSPS) is 9.80. The number of nitrogens with zero attached hydrogens (tertiary/aromatic N) is 1. The van der Waals surface area contributed by atoms with Crippen molar-refractivity contribution in [3.05, 3.63) is 30.3 Å². The molecule has 0 amide bonds. The van der Waals surface area contributed by atoms with Crippen molar-refractivity contribution in [2.45, 2.75) is 13.8 Å². The zero-order chi connectivity index (χ0) is 11.3. The summed E-state index contributed by atoms with van der Waals surface area (Å²) in [6.45, 7) is 10.1. The van der Waals surface area contributed by atoms with E-state index in [4.69, 9.17) is 4.74 Å². The Hall–Kier alpha value is -1.44. The fourth-order valence-electron chi connectivity index (χ4n) is 1.65. The van der Waals surface area contributed by atoms with Crippen molar-refractivity contribution >= 4 is 11.8 Å². The quantitative estimate of drug-likeness (QED) is 0.732. The molecule has 0 aliphatic heterocycles. The van der Waals surface area contributed by atoms with Crippen LogP contribution in [-0.2, 0) is 0 Å². The molecule has 15 heavy (non-hydrogen) atoms. The molecule has 82 valence electrons. The second kappa shape index (κ2) is 5.44. The molecule has 1 aromatic rings. The van der Waals surface area contributed by atoms with Crippen LogP contribution in [-0.4, -0.2) is 20.2 Å². The van der Waals surface area contributed by atoms with Gasteiger partial charge in [0.2, 0.25) is 0 Å². The number of hydrogen-bond donors (Lipinski definition) is 0. The van der Waals surface area contributed by atoms with Crippen LogP contribution in [0.1, 0.15) is 19.4 Å². The maximum absolute atomic E-state index is 5.32. The number of hydrogen-bond acceptors (Lipinski definition) is 2. The van der Waals surface area contributed by atoms with E-state index >= 15 is 0 Å². The van der Waals surface area contributed by atoms with Crippen LogP contribution in [0.5, 0.6) is 5.75 Å². The summed E-state index contributed by atoms with van der Waals surface area (Å²) in [4.78, 5) is 2.29. The highest BCUT2D eigenvalue weighted by Gasteiger charge is 2.05. The average molecular weight is 205 g/mol. The zero-order valence-electron chi connectivity index (χ0n) is 9.79. The van der Waals surface area contributed by atoms with Crippen molar-refractivity contribution in [3.63, 3.8) is 0 Å². The third-order valence-corrected chi connectivity index (χ3v) is 2.57. The van der Waals surface area contributed by atoms with E-state index in [1.165, 1.54) is 5.69 Å². The van der Waals surface area contributed by atoms with Crippen molar-refractivity contribution in [2.75, 3.05) is 25.1 Å². The van der Waals surface area contributed by atoms with E-state index in [1.54, 1.807) is 7.11 Å². The number of benzene rings is 1. The molecule has 0 N–H and O–H groups in total. The molecule has 0 saturated carbocycles. The van der Waals surface area contributed by atoms with Gasteiger partial charge >= 0.3 is 0 Å². The molecule has 0 aliphatic carbocycles. The van der Waals surface area contributed by atoms with E-state index in [1.807, 2.05) is 12.1 Å². The van der Waals surface area contributed by atoms with Crippen LogP contribution in [0.4, 0.5) is 5.69 Å². The molecule has 0 bridgehead atoms. The maximum Gasteiger partial charge on any atom is 0.128 e. The molecule has 0 fully saturated rings. The predicted octanol–water partition coefficient (Wildman–Crippen LogP) is 3.18. The summed E-state index contributed by atoms with van der Waals surface area (Å²) < 4.78 is 5.32. The van der Waals surface area contributed by atoms with Gasteiger partial charge in [0.05, 0.1) is 7.11 Å². The Bertz CT molecular complexity index is 329. The molecule has 0 heterocycles. The van der Waals surface area contributed by atoms with E-state index in [0.29, 0.717) is 0 Å². The molecular formula is C13H19NO. The molecular weight excluding hydrogens is 186 g/mol. The van der Waals surface area contributed by atoms with E-state index < -0.39 is 0 Å². The second-order valence-electron chi connectivity index (χ2n) is 3.30.